The van der Waals surface area contributed by atoms with E-state index >= 15 is 0 Å². The number of rotatable bonds is 6. The normalized spacial score (nSPS) is 11.6. The number of guanidine groups is 1. The SMILES string of the molecule is CN=C(NCCNC(=O)C(C)C)N(C)Cc1cccn1C. The summed E-state index contributed by atoms with van der Waals surface area (Å²) in [7, 11) is 5.78. The van der Waals surface area contributed by atoms with E-state index in [1.165, 1.54) is 5.69 Å². The number of aliphatic imine (C=N–C) groups is 1. The molecule has 0 aliphatic carbocycles. The van der Waals surface area contributed by atoms with Crippen LogP contribution >= 0.6 is 0 Å². The fourth-order valence-corrected chi connectivity index (χ4v) is 1.93. The summed E-state index contributed by atoms with van der Waals surface area (Å²) in [6, 6.07) is 4.12. The summed E-state index contributed by atoms with van der Waals surface area (Å²) in [6.07, 6.45) is 2.03. The first-order chi connectivity index (χ1) is 9.95. The third-order valence-electron chi connectivity index (χ3n) is 3.26. The third-order valence-corrected chi connectivity index (χ3v) is 3.26. The first-order valence-corrected chi connectivity index (χ1v) is 7.25. The van der Waals surface area contributed by atoms with Crippen molar-refractivity contribution < 1.29 is 4.79 Å². The van der Waals surface area contributed by atoms with E-state index in [1.54, 1.807) is 7.05 Å². The van der Waals surface area contributed by atoms with E-state index in [1.807, 2.05) is 40.2 Å². The van der Waals surface area contributed by atoms with E-state index < -0.39 is 0 Å². The number of nitrogens with zero attached hydrogens (tertiary/aromatic N) is 3. The lowest BCUT2D eigenvalue weighted by molar-refractivity contribution is -0.123. The molecule has 0 saturated carbocycles. The van der Waals surface area contributed by atoms with E-state index in [0.717, 1.165) is 12.5 Å². The van der Waals surface area contributed by atoms with Gasteiger partial charge in [0.1, 0.15) is 0 Å². The Bertz CT molecular complexity index is 478. The molecule has 1 rings (SSSR count). The minimum Gasteiger partial charge on any atom is -0.354 e. The van der Waals surface area contributed by atoms with E-state index in [2.05, 4.69) is 31.2 Å². The summed E-state index contributed by atoms with van der Waals surface area (Å²) in [5.74, 6) is 0.906. The van der Waals surface area contributed by atoms with Crippen LogP contribution in [0.2, 0.25) is 0 Å². The highest BCUT2D eigenvalue weighted by Gasteiger charge is 2.09. The van der Waals surface area contributed by atoms with Gasteiger partial charge in [-0.05, 0) is 12.1 Å². The molecule has 2 N–H and O–H groups in total. The number of carbonyl (C=O) groups excluding carboxylic acids is 1. The summed E-state index contributed by atoms with van der Waals surface area (Å²) < 4.78 is 2.09. The Labute approximate surface area is 127 Å². The highest BCUT2D eigenvalue weighted by molar-refractivity contribution is 5.80. The number of hydrogen-bond donors (Lipinski definition) is 2. The van der Waals surface area contributed by atoms with Crippen molar-refractivity contribution in [3.05, 3.63) is 24.0 Å². The maximum Gasteiger partial charge on any atom is 0.222 e. The van der Waals surface area contributed by atoms with E-state index in [4.69, 9.17) is 0 Å². The van der Waals surface area contributed by atoms with Gasteiger partial charge in [-0.3, -0.25) is 9.79 Å². The minimum absolute atomic E-state index is 0.0179. The predicted octanol–water partition coefficient (Wildman–Crippen LogP) is 0.804. The second-order valence-electron chi connectivity index (χ2n) is 5.39. The molecule has 0 fully saturated rings. The maximum absolute atomic E-state index is 11.5. The van der Waals surface area contributed by atoms with E-state index in [0.29, 0.717) is 13.1 Å². The van der Waals surface area contributed by atoms with Crippen molar-refractivity contribution in [2.45, 2.75) is 20.4 Å². The van der Waals surface area contributed by atoms with Crippen molar-refractivity contribution in [3.8, 4) is 0 Å². The van der Waals surface area contributed by atoms with Gasteiger partial charge in [0.15, 0.2) is 5.96 Å². The average molecular weight is 293 g/mol. The predicted molar refractivity (Wildman–Crippen MR) is 86.1 cm³/mol. The Kier molecular flexibility index (Phi) is 6.78. The van der Waals surface area contributed by atoms with Crippen molar-refractivity contribution in [2.75, 3.05) is 27.2 Å². The Morgan fingerprint density at radius 2 is 2.05 bits per heavy atom. The van der Waals surface area contributed by atoms with Crippen molar-refractivity contribution in [1.29, 1.82) is 0 Å². The molecule has 21 heavy (non-hydrogen) atoms. The first kappa shape index (κ1) is 17.1. The van der Waals surface area contributed by atoms with E-state index in [-0.39, 0.29) is 11.8 Å². The molecule has 1 amide bonds. The van der Waals surface area contributed by atoms with Crippen LogP contribution in [0.5, 0.6) is 0 Å². The van der Waals surface area contributed by atoms with Gasteiger partial charge >= 0.3 is 0 Å². The minimum atomic E-state index is 0.0179. The van der Waals surface area contributed by atoms with Crippen molar-refractivity contribution in [1.82, 2.24) is 20.1 Å². The van der Waals surface area contributed by atoms with Gasteiger partial charge in [0.25, 0.3) is 0 Å². The van der Waals surface area contributed by atoms with Crippen LogP contribution in [0.15, 0.2) is 23.3 Å². The van der Waals surface area contributed by atoms with E-state index in [9.17, 15) is 4.79 Å². The summed E-state index contributed by atoms with van der Waals surface area (Å²) in [5.41, 5.74) is 1.22. The summed E-state index contributed by atoms with van der Waals surface area (Å²) in [6.45, 7) is 5.79. The molecule has 1 aromatic rings. The molecule has 0 aromatic carbocycles. The first-order valence-electron chi connectivity index (χ1n) is 7.25. The van der Waals surface area contributed by atoms with Gasteiger partial charge in [-0.15, -0.1) is 0 Å². The molecule has 1 aromatic heterocycles. The maximum atomic E-state index is 11.5. The van der Waals surface area contributed by atoms with Gasteiger partial charge in [-0.1, -0.05) is 13.8 Å². The lowest BCUT2D eigenvalue weighted by atomic mass is 10.2. The second-order valence-corrected chi connectivity index (χ2v) is 5.39. The molecule has 0 atom stereocenters. The summed E-state index contributed by atoms with van der Waals surface area (Å²) in [5, 5.41) is 6.12. The number of aromatic nitrogens is 1. The zero-order valence-electron chi connectivity index (χ0n) is 13.7. The molecule has 0 radical (unpaired) electrons. The number of aryl methyl sites for hydroxylation is 1. The topological polar surface area (TPSA) is 61.7 Å². The molecule has 0 bridgehead atoms. The van der Waals surface area contributed by atoms with Gasteiger partial charge in [0, 0.05) is 52.0 Å². The largest absolute Gasteiger partial charge is 0.354 e. The molecular weight excluding hydrogens is 266 g/mol. The Hall–Kier alpha value is -1.98. The third kappa shape index (κ3) is 5.49. The quantitative estimate of drug-likeness (QED) is 0.463. The van der Waals surface area contributed by atoms with Crippen LogP contribution in [0.3, 0.4) is 0 Å². The van der Waals surface area contributed by atoms with Crippen LogP contribution in [-0.2, 0) is 18.4 Å². The molecule has 118 valence electrons. The van der Waals surface area contributed by atoms with Crippen LogP contribution in [0.4, 0.5) is 0 Å². The fraction of sp³-hybridized carbons (Fsp3) is 0.600. The molecule has 6 heteroatoms. The Morgan fingerprint density at radius 3 is 2.57 bits per heavy atom. The smallest absolute Gasteiger partial charge is 0.222 e. The lowest BCUT2D eigenvalue weighted by Gasteiger charge is -2.22. The van der Waals surface area contributed by atoms with Crippen LogP contribution in [0.1, 0.15) is 19.5 Å². The summed E-state index contributed by atoms with van der Waals surface area (Å²) >= 11 is 0. The van der Waals surface area contributed by atoms with Crippen molar-refractivity contribution in [3.63, 3.8) is 0 Å². The van der Waals surface area contributed by atoms with Crippen molar-refractivity contribution >= 4 is 11.9 Å². The number of nitrogens with one attached hydrogen (secondary N) is 2. The second kappa shape index (κ2) is 8.34. The van der Waals surface area contributed by atoms with Gasteiger partial charge in [-0.2, -0.15) is 0 Å². The van der Waals surface area contributed by atoms with Gasteiger partial charge in [0.05, 0.1) is 6.54 Å². The van der Waals surface area contributed by atoms with Crippen LogP contribution in [-0.4, -0.2) is 48.5 Å². The molecule has 0 aliphatic rings. The zero-order chi connectivity index (χ0) is 15.8. The van der Waals surface area contributed by atoms with Gasteiger partial charge < -0.3 is 20.1 Å². The van der Waals surface area contributed by atoms with Crippen molar-refractivity contribution in [2.24, 2.45) is 18.0 Å². The average Bonchev–Trinajstić information content (AvgIpc) is 2.83. The monoisotopic (exact) mass is 293 g/mol. The Morgan fingerprint density at radius 1 is 1.38 bits per heavy atom. The molecule has 0 aliphatic heterocycles. The van der Waals surface area contributed by atoms with Gasteiger partial charge in [-0.25, -0.2) is 0 Å². The molecule has 0 spiro atoms. The molecule has 0 unspecified atom stereocenters. The zero-order valence-corrected chi connectivity index (χ0v) is 13.7. The molecule has 0 saturated heterocycles. The number of hydrogen-bond acceptors (Lipinski definition) is 2. The molecule has 6 nitrogen and oxygen atoms in total. The highest BCUT2D eigenvalue weighted by Crippen LogP contribution is 2.03. The summed E-state index contributed by atoms with van der Waals surface area (Å²) in [4.78, 5) is 17.8. The van der Waals surface area contributed by atoms with Gasteiger partial charge in [0.2, 0.25) is 5.91 Å². The molecular formula is C15H27N5O. The fourth-order valence-electron chi connectivity index (χ4n) is 1.93. The van der Waals surface area contributed by atoms with Crippen LogP contribution in [0, 0.1) is 5.92 Å². The highest BCUT2D eigenvalue weighted by atomic mass is 16.1. The Balaban J connectivity index is 2.38. The van der Waals surface area contributed by atoms with Crippen LogP contribution in [0.25, 0.3) is 0 Å². The molecule has 1 heterocycles. The number of amides is 1. The number of carbonyl (C=O) groups is 1. The van der Waals surface area contributed by atoms with Crippen LogP contribution < -0.4 is 10.6 Å². The lowest BCUT2D eigenvalue weighted by Crippen LogP contribution is -2.42. The standard InChI is InChI=1S/C15H27N5O/c1-12(2)14(21)17-8-9-18-15(16-3)20(5)11-13-7-6-10-19(13)4/h6-7,10,12H,8-9,11H2,1-5H3,(H,16,18)(H,17,21).